The van der Waals surface area contributed by atoms with Gasteiger partial charge in [0.2, 0.25) is 4.96 Å². The summed E-state index contributed by atoms with van der Waals surface area (Å²) < 4.78 is 27.6. The van der Waals surface area contributed by atoms with Crippen LogP contribution in [0.5, 0.6) is 5.19 Å². The summed E-state index contributed by atoms with van der Waals surface area (Å²) in [5.41, 5.74) is 0.516. The maximum Gasteiger partial charge on any atom is 0.410 e. The Morgan fingerprint density at radius 2 is 2.03 bits per heavy atom. The highest BCUT2D eigenvalue weighted by Gasteiger charge is 2.30. The van der Waals surface area contributed by atoms with Crippen molar-refractivity contribution in [2.45, 2.75) is 57.1 Å². The van der Waals surface area contributed by atoms with E-state index in [4.69, 9.17) is 9.47 Å². The smallest absolute Gasteiger partial charge is 0.410 e. The molecule has 4 rings (SSSR count). The number of benzene rings is 1. The van der Waals surface area contributed by atoms with E-state index in [0.29, 0.717) is 40.4 Å². The number of carbonyl (C=O) groups is 1. The number of piperidine rings is 1. The van der Waals surface area contributed by atoms with Crippen LogP contribution in [0.4, 0.5) is 9.18 Å². The number of ether oxygens (including phenoxy) is 2. The van der Waals surface area contributed by atoms with Crippen molar-refractivity contribution in [1.29, 1.82) is 0 Å². The van der Waals surface area contributed by atoms with E-state index in [1.807, 2.05) is 40.0 Å². The van der Waals surface area contributed by atoms with Crippen LogP contribution < -0.4 is 4.74 Å². The largest absolute Gasteiger partial charge is 0.466 e. The van der Waals surface area contributed by atoms with Gasteiger partial charge in [0.15, 0.2) is 0 Å². The van der Waals surface area contributed by atoms with E-state index in [2.05, 4.69) is 10.1 Å². The highest BCUT2D eigenvalue weighted by atomic mass is 32.2. The van der Waals surface area contributed by atoms with Crippen LogP contribution in [0.15, 0.2) is 29.3 Å². The molecule has 0 aliphatic carbocycles. The lowest BCUT2D eigenvalue weighted by atomic mass is 9.92. The molecule has 1 aliphatic rings. The van der Waals surface area contributed by atoms with Crippen molar-refractivity contribution < 1.29 is 18.7 Å². The third-order valence-electron chi connectivity index (χ3n) is 5.62. The van der Waals surface area contributed by atoms with E-state index in [0.717, 1.165) is 17.7 Å². The summed E-state index contributed by atoms with van der Waals surface area (Å²) in [5, 5.41) is 5.01. The average molecular weight is 493 g/mol. The van der Waals surface area contributed by atoms with Gasteiger partial charge in [-0.2, -0.15) is 0 Å². The monoisotopic (exact) mass is 492 g/mol. The number of imidazole rings is 1. The SMILES string of the molecule is CSc1ccc(-c2cn3nc(OC(C)C4CCN(C(=O)OC(C)(C)C)CC4)sc3n2)c(F)c1. The van der Waals surface area contributed by atoms with Crippen LogP contribution in [0.25, 0.3) is 16.2 Å². The Bertz CT molecular complexity index is 1100. The van der Waals surface area contributed by atoms with Crippen molar-refractivity contribution in [2.24, 2.45) is 5.92 Å². The van der Waals surface area contributed by atoms with Crippen molar-refractivity contribution in [2.75, 3.05) is 19.3 Å². The number of halogens is 1. The van der Waals surface area contributed by atoms with Crippen LogP contribution in [-0.2, 0) is 4.74 Å². The zero-order valence-electron chi connectivity index (χ0n) is 19.5. The lowest BCUT2D eigenvalue weighted by Gasteiger charge is -2.35. The Kier molecular flexibility index (Phi) is 6.86. The Morgan fingerprint density at radius 3 is 2.64 bits per heavy atom. The van der Waals surface area contributed by atoms with E-state index in [9.17, 15) is 9.18 Å². The standard InChI is InChI=1S/C23H29FN4O3S2/c1-14(15-8-10-27(11-9-15)22(29)31-23(2,3)4)30-21-26-28-13-19(25-20(28)33-21)17-7-6-16(32-5)12-18(17)24/h6-7,12-15H,8-11H2,1-5H3. The third-order valence-corrected chi connectivity index (χ3v) is 7.16. The molecule has 1 atom stereocenters. The fourth-order valence-corrected chi connectivity index (χ4v) is 5.06. The molecule has 0 spiro atoms. The first kappa shape index (κ1) is 23.8. The van der Waals surface area contributed by atoms with Crippen molar-refractivity contribution in [3.8, 4) is 16.5 Å². The minimum atomic E-state index is -0.490. The average Bonchev–Trinajstić information content (AvgIpc) is 3.31. The quantitative estimate of drug-likeness (QED) is 0.424. The molecule has 7 nitrogen and oxygen atoms in total. The van der Waals surface area contributed by atoms with Crippen molar-refractivity contribution in [3.63, 3.8) is 0 Å². The van der Waals surface area contributed by atoms with Gasteiger partial charge in [0.05, 0.1) is 11.9 Å². The Labute approximate surface area is 201 Å². The van der Waals surface area contributed by atoms with Crippen LogP contribution in [0.3, 0.4) is 0 Å². The van der Waals surface area contributed by atoms with Crippen LogP contribution in [0.2, 0.25) is 0 Å². The van der Waals surface area contributed by atoms with Crippen molar-refractivity contribution >= 4 is 34.2 Å². The van der Waals surface area contributed by atoms with E-state index in [1.165, 1.54) is 29.2 Å². The van der Waals surface area contributed by atoms with Gasteiger partial charge >= 0.3 is 6.09 Å². The van der Waals surface area contributed by atoms with Crippen LogP contribution >= 0.6 is 23.1 Å². The maximum atomic E-state index is 14.4. The van der Waals surface area contributed by atoms with Crippen LogP contribution in [0.1, 0.15) is 40.5 Å². The third kappa shape index (κ3) is 5.60. The molecular formula is C23H29FN4O3S2. The van der Waals surface area contributed by atoms with Crippen LogP contribution in [-0.4, -0.2) is 56.6 Å². The molecule has 1 aromatic carbocycles. The molecule has 0 saturated carbocycles. The molecular weight excluding hydrogens is 463 g/mol. The first-order chi connectivity index (χ1) is 15.6. The van der Waals surface area contributed by atoms with Gasteiger partial charge < -0.3 is 14.4 Å². The number of rotatable bonds is 5. The summed E-state index contributed by atoms with van der Waals surface area (Å²) in [4.78, 5) is 20.1. The Morgan fingerprint density at radius 1 is 1.30 bits per heavy atom. The van der Waals surface area contributed by atoms with E-state index in [-0.39, 0.29) is 18.0 Å². The lowest BCUT2D eigenvalue weighted by Crippen LogP contribution is -2.44. The summed E-state index contributed by atoms with van der Waals surface area (Å²) in [6, 6.07) is 5.15. The first-order valence-corrected chi connectivity index (χ1v) is 13.0. The molecule has 1 unspecified atom stereocenters. The number of hydrogen-bond donors (Lipinski definition) is 0. The number of aromatic nitrogens is 3. The summed E-state index contributed by atoms with van der Waals surface area (Å²) >= 11 is 2.84. The molecule has 33 heavy (non-hydrogen) atoms. The second kappa shape index (κ2) is 9.50. The van der Waals surface area contributed by atoms with Gasteiger partial charge in [-0.1, -0.05) is 0 Å². The molecule has 3 aromatic rings. The molecule has 0 N–H and O–H groups in total. The van der Waals surface area contributed by atoms with Gasteiger partial charge in [0.25, 0.3) is 5.19 Å². The molecule has 1 aliphatic heterocycles. The molecule has 0 radical (unpaired) electrons. The van der Waals surface area contributed by atoms with E-state index < -0.39 is 5.60 Å². The second-order valence-corrected chi connectivity index (χ2v) is 11.0. The molecule has 1 amide bonds. The molecule has 2 aromatic heterocycles. The van der Waals surface area contributed by atoms with Crippen molar-refractivity contribution in [3.05, 3.63) is 30.2 Å². The highest BCUT2D eigenvalue weighted by Crippen LogP contribution is 2.31. The molecule has 10 heteroatoms. The van der Waals surface area contributed by atoms with Gasteiger partial charge in [-0.15, -0.1) is 16.9 Å². The predicted octanol–water partition coefficient (Wildman–Crippen LogP) is 5.73. The van der Waals surface area contributed by atoms with Gasteiger partial charge in [-0.3, -0.25) is 0 Å². The number of nitrogens with zero attached hydrogens (tertiary/aromatic N) is 4. The fourth-order valence-electron chi connectivity index (χ4n) is 3.82. The lowest BCUT2D eigenvalue weighted by molar-refractivity contribution is 0.0120. The number of amides is 1. The molecule has 1 fully saturated rings. The molecule has 3 heterocycles. The number of thioether (sulfide) groups is 1. The van der Waals surface area contributed by atoms with E-state index >= 15 is 0 Å². The normalized spacial score (nSPS) is 16.2. The topological polar surface area (TPSA) is 69.0 Å². The number of fused-ring (bicyclic) bond motifs is 1. The minimum absolute atomic E-state index is 0.0438. The number of hydrogen-bond acceptors (Lipinski definition) is 7. The number of likely N-dealkylation sites (tertiary alicyclic amines) is 1. The zero-order chi connectivity index (χ0) is 23.8. The molecule has 178 valence electrons. The summed E-state index contributed by atoms with van der Waals surface area (Å²) in [6.45, 7) is 8.96. The summed E-state index contributed by atoms with van der Waals surface area (Å²) in [7, 11) is 0. The summed E-state index contributed by atoms with van der Waals surface area (Å²) in [5.74, 6) is 0.0231. The van der Waals surface area contributed by atoms with Gasteiger partial charge in [0.1, 0.15) is 17.5 Å². The van der Waals surface area contributed by atoms with Gasteiger partial charge in [-0.05, 0) is 82.2 Å². The van der Waals surface area contributed by atoms with Gasteiger partial charge in [-0.25, -0.2) is 18.7 Å². The Hall–Kier alpha value is -2.33. The summed E-state index contributed by atoms with van der Waals surface area (Å²) in [6.07, 6.45) is 5.03. The van der Waals surface area contributed by atoms with E-state index in [1.54, 1.807) is 21.7 Å². The first-order valence-electron chi connectivity index (χ1n) is 11.0. The minimum Gasteiger partial charge on any atom is -0.466 e. The fraction of sp³-hybridized carbons (Fsp3) is 0.522. The molecule has 0 bridgehead atoms. The van der Waals surface area contributed by atoms with Crippen LogP contribution in [0, 0.1) is 11.7 Å². The zero-order valence-corrected chi connectivity index (χ0v) is 21.1. The van der Waals surface area contributed by atoms with Crippen molar-refractivity contribution in [1.82, 2.24) is 19.5 Å². The number of carbonyl (C=O) groups excluding carboxylic acids is 1. The highest BCUT2D eigenvalue weighted by molar-refractivity contribution is 7.98. The predicted molar refractivity (Wildman–Crippen MR) is 129 cm³/mol. The molecule has 1 saturated heterocycles. The van der Waals surface area contributed by atoms with Gasteiger partial charge in [0, 0.05) is 23.5 Å². The maximum absolute atomic E-state index is 14.4. The second-order valence-electron chi connectivity index (χ2n) is 9.19. The Balaban J connectivity index is 1.36.